The maximum atomic E-state index is 4.69. The van der Waals surface area contributed by atoms with Crippen molar-refractivity contribution >= 4 is 22.7 Å². The highest BCUT2D eigenvalue weighted by atomic mass is 15.3. The molecule has 0 aromatic carbocycles. The summed E-state index contributed by atoms with van der Waals surface area (Å²) in [7, 11) is 5.92. The largest absolute Gasteiger partial charge is 0.362 e. The normalized spacial score (nSPS) is 14.1. The molecular weight excluding hydrogens is 304 g/mol. The van der Waals surface area contributed by atoms with Crippen molar-refractivity contribution in [1.82, 2.24) is 29.7 Å². The van der Waals surface area contributed by atoms with Gasteiger partial charge < -0.3 is 9.80 Å². The summed E-state index contributed by atoms with van der Waals surface area (Å²) < 4.78 is 1.79. The molecule has 1 aliphatic rings. The lowest BCUT2D eigenvalue weighted by Gasteiger charge is -2.31. The Morgan fingerprint density at radius 3 is 2.79 bits per heavy atom. The average molecular weight is 324 g/mol. The van der Waals surface area contributed by atoms with Gasteiger partial charge in [0, 0.05) is 46.2 Å². The van der Waals surface area contributed by atoms with Crippen molar-refractivity contribution in [3.63, 3.8) is 0 Å². The van der Waals surface area contributed by atoms with Crippen LogP contribution >= 0.6 is 0 Å². The summed E-state index contributed by atoms with van der Waals surface area (Å²) in [4.78, 5) is 22.4. The Bertz CT molecular complexity index is 914. The van der Waals surface area contributed by atoms with Crippen molar-refractivity contribution in [3.8, 4) is 0 Å². The summed E-state index contributed by atoms with van der Waals surface area (Å²) in [6.07, 6.45) is 4.37. The summed E-state index contributed by atoms with van der Waals surface area (Å²) in [6.45, 7) is 3.53. The van der Waals surface area contributed by atoms with Gasteiger partial charge in [-0.05, 0) is 6.92 Å². The van der Waals surface area contributed by atoms with Crippen molar-refractivity contribution in [2.24, 2.45) is 7.05 Å². The molecule has 0 saturated heterocycles. The minimum atomic E-state index is 0.740. The van der Waals surface area contributed by atoms with Crippen LogP contribution in [0.4, 0.5) is 11.6 Å². The zero-order valence-corrected chi connectivity index (χ0v) is 14.4. The fourth-order valence-electron chi connectivity index (χ4n) is 3.25. The van der Waals surface area contributed by atoms with Crippen molar-refractivity contribution < 1.29 is 0 Å². The summed E-state index contributed by atoms with van der Waals surface area (Å²) in [5.41, 5.74) is 3.15. The van der Waals surface area contributed by atoms with Gasteiger partial charge in [-0.1, -0.05) is 0 Å². The van der Waals surface area contributed by atoms with Gasteiger partial charge in [-0.2, -0.15) is 5.10 Å². The summed E-state index contributed by atoms with van der Waals surface area (Å²) >= 11 is 0. The molecule has 4 rings (SSSR count). The van der Waals surface area contributed by atoms with Gasteiger partial charge in [0.25, 0.3) is 0 Å². The highest BCUT2D eigenvalue weighted by Crippen LogP contribution is 2.30. The Morgan fingerprint density at radius 2 is 2.00 bits per heavy atom. The second kappa shape index (κ2) is 5.40. The Morgan fingerprint density at radius 1 is 1.17 bits per heavy atom. The first-order chi connectivity index (χ1) is 11.5. The highest BCUT2D eigenvalue weighted by molar-refractivity contribution is 5.87. The Labute approximate surface area is 140 Å². The van der Waals surface area contributed by atoms with Crippen molar-refractivity contribution in [1.29, 1.82) is 0 Å². The van der Waals surface area contributed by atoms with Crippen LogP contribution in [0.25, 0.3) is 11.0 Å². The van der Waals surface area contributed by atoms with Gasteiger partial charge in [-0.15, -0.1) is 0 Å². The quantitative estimate of drug-likeness (QED) is 0.698. The van der Waals surface area contributed by atoms with E-state index < -0.39 is 0 Å². The van der Waals surface area contributed by atoms with Gasteiger partial charge >= 0.3 is 0 Å². The van der Waals surface area contributed by atoms with E-state index in [1.165, 1.54) is 5.56 Å². The molecule has 0 bridgehead atoms. The van der Waals surface area contributed by atoms with Crippen molar-refractivity contribution in [3.05, 3.63) is 29.6 Å². The lowest BCUT2D eigenvalue weighted by molar-refractivity contribution is 0.694. The number of hydrogen-bond acceptors (Lipinski definition) is 7. The lowest BCUT2D eigenvalue weighted by Crippen LogP contribution is -2.33. The molecule has 0 spiro atoms. The van der Waals surface area contributed by atoms with Gasteiger partial charge in [0.1, 0.15) is 23.8 Å². The lowest BCUT2D eigenvalue weighted by atomic mass is 10.1. The molecule has 0 amide bonds. The third kappa shape index (κ3) is 2.26. The van der Waals surface area contributed by atoms with E-state index in [9.17, 15) is 0 Å². The van der Waals surface area contributed by atoms with Crippen molar-refractivity contribution in [2.45, 2.75) is 19.9 Å². The summed E-state index contributed by atoms with van der Waals surface area (Å²) in [6, 6.07) is 0. The Balaban J connectivity index is 1.81. The molecule has 24 heavy (non-hydrogen) atoms. The van der Waals surface area contributed by atoms with E-state index in [4.69, 9.17) is 4.98 Å². The van der Waals surface area contributed by atoms with E-state index in [0.29, 0.717) is 0 Å². The smallest absolute Gasteiger partial charge is 0.163 e. The number of aromatic nitrogens is 6. The summed E-state index contributed by atoms with van der Waals surface area (Å²) in [5, 5.41) is 5.32. The van der Waals surface area contributed by atoms with Gasteiger partial charge in [-0.3, -0.25) is 4.68 Å². The van der Waals surface area contributed by atoms with Crippen molar-refractivity contribution in [2.75, 3.05) is 30.4 Å². The second-order valence-electron chi connectivity index (χ2n) is 6.29. The molecule has 4 heterocycles. The molecule has 124 valence electrons. The third-order valence-corrected chi connectivity index (χ3v) is 4.39. The monoisotopic (exact) mass is 324 g/mol. The second-order valence-corrected chi connectivity index (χ2v) is 6.29. The molecule has 8 heteroatoms. The van der Waals surface area contributed by atoms with Gasteiger partial charge in [-0.25, -0.2) is 19.9 Å². The van der Waals surface area contributed by atoms with Crippen LogP contribution in [0.15, 0.2) is 12.5 Å². The van der Waals surface area contributed by atoms with E-state index in [1.54, 1.807) is 11.0 Å². The first-order valence-corrected chi connectivity index (χ1v) is 7.96. The molecule has 0 N–H and O–H groups in total. The van der Waals surface area contributed by atoms with E-state index in [0.717, 1.165) is 53.7 Å². The fraction of sp³-hybridized carbons (Fsp3) is 0.438. The molecule has 0 fully saturated rings. The summed E-state index contributed by atoms with van der Waals surface area (Å²) in [5.74, 6) is 2.66. The molecule has 3 aromatic heterocycles. The van der Waals surface area contributed by atoms with Crippen LogP contribution < -0.4 is 9.80 Å². The molecule has 3 aromatic rings. The molecule has 0 atom stereocenters. The zero-order chi connectivity index (χ0) is 16.8. The van der Waals surface area contributed by atoms with E-state index in [2.05, 4.69) is 25.0 Å². The molecule has 8 nitrogen and oxygen atoms in total. The Kier molecular flexibility index (Phi) is 3.33. The van der Waals surface area contributed by atoms with Gasteiger partial charge in [0.2, 0.25) is 0 Å². The van der Waals surface area contributed by atoms with E-state index in [-0.39, 0.29) is 0 Å². The number of nitrogens with zero attached hydrogens (tertiary/aromatic N) is 8. The van der Waals surface area contributed by atoms with Gasteiger partial charge in [0.05, 0.1) is 17.3 Å². The van der Waals surface area contributed by atoms with Crippen LogP contribution in [-0.4, -0.2) is 50.4 Å². The van der Waals surface area contributed by atoms with Crippen LogP contribution in [0.2, 0.25) is 0 Å². The molecule has 0 aliphatic carbocycles. The maximum absolute atomic E-state index is 4.69. The van der Waals surface area contributed by atoms with Crippen LogP contribution in [0.5, 0.6) is 0 Å². The SMILES string of the molecule is Cc1nc(N2CCc3ncnc(N(C)C)c3C2)c2cnn(C)c2n1. The number of anilines is 2. The number of aryl methyl sites for hydroxylation is 2. The first kappa shape index (κ1) is 14.8. The Hall–Kier alpha value is -2.77. The molecular formula is C16H20N8. The topological polar surface area (TPSA) is 75.9 Å². The van der Waals surface area contributed by atoms with Gasteiger partial charge in [0.15, 0.2) is 5.65 Å². The predicted octanol–water partition coefficient (Wildman–Crippen LogP) is 1.09. The number of hydrogen-bond donors (Lipinski definition) is 0. The first-order valence-electron chi connectivity index (χ1n) is 7.96. The zero-order valence-electron chi connectivity index (χ0n) is 14.4. The van der Waals surface area contributed by atoms with Crippen LogP contribution in [0.1, 0.15) is 17.1 Å². The number of fused-ring (bicyclic) bond motifs is 2. The molecule has 1 aliphatic heterocycles. The minimum Gasteiger partial charge on any atom is -0.362 e. The maximum Gasteiger partial charge on any atom is 0.163 e. The minimum absolute atomic E-state index is 0.740. The average Bonchev–Trinajstić information content (AvgIpc) is 2.94. The fourth-order valence-corrected chi connectivity index (χ4v) is 3.25. The van der Waals surface area contributed by atoms with Crippen LogP contribution in [0, 0.1) is 6.92 Å². The predicted molar refractivity (Wildman–Crippen MR) is 92.2 cm³/mol. The molecule has 0 saturated carbocycles. The molecule has 0 radical (unpaired) electrons. The van der Waals surface area contributed by atoms with E-state index in [1.807, 2.05) is 39.2 Å². The standard InChI is InChI=1S/C16H20N8/c1-10-20-15-11(7-19-23(15)4)16(21-10)24-6-5-13-12(8-24)14(22(2)3)18-9-17-13/h7,9H,5-6,8H2,1-4H3. The van der Waals surface area contributed by atoms with Crippen LogP contribution in [0.3, 0.4) is 0 Å². The van der Waals surface area contributed by atoms with Crippen LogP contribution in [-0.2, 0) is 20.0 Å². The number of rotatable bonds is 2. The highest BCUT2D eigenvalue weighted by Gasteiger charge is 2.25. The van der Waals surface area contributed by atoms with E-state index >= 15 is 0 Å². The third-order valence-electron chi connectivity index (χ3n) is 4.39. The molecule has 0 unspecified atom stereocenters.